The molecule has 58 valence electrons. The summed E-state index contributed by atoms with van der Waals surface area (Å²) in [6, 6.07) is 0. The van der Waals surface area contributed by atoms with Crippen LogP contribution in [0.1, 0.15) is 6.42 Å². The van der Waals surface area contributed by atoms with Gasteiger partial charge in [-0.05, 0) is 0 Å². The highest BCUT2D eigenvalue weighted by atomic mass is 35.5. The maximum atomic E-state index is 10.9. The van der Waals surface area contributed by atoms with Crippen molar-refractivity contribution in [1.82, 2.24) is 5.32 Å². The van der Waals surface area contributed by atoms with Crippen LogP contribution in [0.2, 0.25) is 0 Å². The summed E-state index contributed by atoms with van der Waals surface area (Å²) in [5.74, 6) is 0.00116. The Hall–Kier alpha value is -0.280. The van der Waals surface area contributed by atoms with E-state index in [1.165, 1.54) is 0 Å². The molecule has 0 aliphatic carbocycles. The Balaban J connectivity index is 0.000000500. The Morgan fingerprint density at radius 3 is 2.40 bits per heavy atom. The minimum absolute atomic E-state index is 0. The first-order chi connectivity index (χ1) is 4.33. The average Bonchev–Trinajstić information content (AvgIpc) is 2.07. The van der Waals surface area contributed by atoms with Crippen LogP contribution in [0.3, 0.4) is 0 Å². The van der Waals surface area contributed by atoms with Crippen molar-refractivity contribution in [3.8, 4) is 0 Å². The fourth-order valence-corrected chi connectivity index (χ4v) is 1.34. The normalized spacial score (nSPS) is 27.0. The highest BCUT2D eigenvalue weighted by molar-refractivity contribution is 5.85. The van der Waals surface area contributed by atoms with E-state index in [9.17, 15) is 4.79 Å². The van der Waals surface area contributed by atoms with E-state index in [0.717, 1.165) is 19.5 Å². The molecule has 0 saturated carbocycles. The maximum Gasteiger partial charge on any atom is 0.314 e. The van der Waals surface area contributed by atoms with E-state index < -0.39 is 0 Å². The Bertz CT molecular complexity index is 156. The summed E-state index contributed by atoms with van der Waals surface area (Å²) in [4.78, 5) is 10.9. The lowest BCUT2D eigenvalue weighted by Crippen LogP contribution is -2.55. The van der Waals surface area contributed by atoms with E-state index in [1.807, 2.05) is 0 Å². The number of cyclic esters (lactones) is 1. The molecule has 3 nitrogen and oxygen atoms in total. The van der Waals surface area contributed by atoms with Gasteiger partial charge in [0.15, 0.2) is 0 Å². The summed E-state index contributed by atoms with van der Waals surface area (Å²) in [7, 11) is 0. The minimum atomic E-state index is -0.0972. The van der Waals surface area contributed by atoms with Crippen molar-refractivity contribution in [3.63, 3.8) is 0 Å². The summed E-state index contributed by atoms with van der Waals surface area (Å²) in [6.45, 7) is 2.28. The van der Waals surface area contributed by atoms with Gasteiger partial charge in [-0.25, -0.2) is 0 Å². The molecule has 0 unspecified atom stereocenters. The molecule has 2 fully saturated rings. The predicted molar refractivity (Wildman–Crippen MR) is 38.1 cm³/mol. The van der Waals surface area contributed by atoms with Gasteiger partial charge in [0.1, 0.15) is 0 Å². The van der Waals surface area contributed by atoms with E-state index in [-0.39, 0.29) is 23.8 Å². The second kappa shape index (κ2) is 2.40. The van der Waals surface area contributed by atoms with Crippen LogP contribution in [0.4, 0.5) is 0 Å². The molecule has 0 aromatic rings. The largest absolute Gasteiger partial charge is 0.465 e. The lowest BCUT2D eigenvalue weighted by atomic mass is 9.81. The monoisotopic (exact) mass is 163 g/mol. The van der Waals surface area contributed by atoms with Gasteiger partial charge in [-0.3, -0.25) is 4.79 Å². The zero-order valence-electron chi connectivity index (χ0n) is 5.55. The van der Waals surface area contributed by atoms with Crippen LogP contribution in [-0.4, -0.2) is 25.7 Å². The van der Waals surface area contributed by atoms with Crippen molar-refractivity contribution in [2.45, 2.75) is 6.42 Å². The molecular formula is C6H10ClNO2. The van der Waals surface area contributed by atoms with Gasteiger partial charge in [0, 0.05) is 19.5 Å². The lowest BCUT2D eigenvalue weighted by molar-refractivity contribution is -0.148. The predicted octanol–water partition coefficient (Wildman–Crippen LogP) is -0.0553. The molecule has 4 heteroatoms. The van der Waals surface area contributed by atoms with Gasteiger partial charge in [-0.15, -0.1) is 12.4 Å². The van der Waals surface area contributed by atoms with Crippen molar-refractivity contribution >= 4 is 18.4 Å². The summed E-state index contributed by atoms with van der Waals surface area (Å²) in [6.07, 6.45) is 0.916. The molecular weight excluding hydrogens is 154 g/mol. The maximum absolute atomic E-state index is 10.9. The molecule has 0 amide bonds. The Morgan fingerprint density at radius 2 is 2.20 bits per heavy atom. The van der Waals surface area contributed by atoms with Crippen LogP contribution in [0, 0.1) is 5.41 Å². The summed E-state index contributed by atoms with van der Waals surface area (Å²) in [5.41, 5.74) is -0.0972. The number of carbonyl (C=O) groups excluding carboxylic acids is 1. The molecule has 0 radical (unpaired) electrons. The fraction of sp³-hybridized carbons (Fsp3) is 0.833. The highest BCUT2D eigenvalue weighted by Gasteiger charge is 2.49. The summed E-state index contributed by atoms with van der Waals surface area (Å²) < 4.78 is 4.83. The number of hydrogen-bond acceptors (Lipinski definition) is 3. The third-order valence-corrected chi connectivity index (χ3v) is 2.17. The second-order valence-corrected chi connectivity index (χ2v) is 2.77. The van der Waals surface area contributed by atoms with Crippen LogP contribution in [-0.2, 0) is 9.53 Å². The topological polar surface area (TPSA) is 38.3 Å². The third-order valence-electron chi connectivity index (χ3n) is 2.17. The highest BCUT2D eigenvalue weighted by Crippen LogP contribution is 2.33. The number of rotatable bonds is 0. The van der Waals surface area contributed by atoms with Crippen molar-refractivity contribution in [3.05, 3.63) is 0 Å². The van der Waals surface area contributed by atoms with Crippen molar-refractivity contribution in [2.24, 2.45) is 5.41 Å². The number of hydrogen-bond donors (Lipinski definition) is 1. The quantitative estimate of drug-likeness (QED) is 0.509. The average molecular weight is 164 g/mol. The van der Waals surface area contributed by atoms with E-state index in [4.69, 9.17) is 4.74 Å². The first-order valence-electron chi connectivity index (χ1n) is 3.21. The molecule has 0 bridgehead atoms. The van der Waals surface area contributed by atoms with E-state index in [1.54, 1.807) is 0 Å². The summed E-state index contributed by atoms with van der Waals surface area (Å²) >= 11 is 0. The van der Waals surface area contributed by atoms with E-state index >= 15 is 0 Å². The van der Waals surface area contributed by atoms with Gasteiger partial charge in [0.25, 0.3) is 0 Å². The van der Waals surface area contributed by atoms with Crippen LogP contribution in [0.15, 0.2) is 0 Å². The zero-order chi connectivity index (χ0) is 6.32. The van der Waals surface area contributed by atoms with Crippen LogP contribution < -0.4 is 5.32 Å². The number of halogens is 1. The van der Waals surface area contributed by atoms with Gasteiger partial charge in [-0.2, -0.15) is 0 Å². The molecule has 2 heterocycles. The lowest BCUT2D eigenvalue weighted by Gasteiger charge is -2.34. The molecule has 0 aromatic carbocycles. The van der Waals surface area contributed by atoms with Crippen LogP contribution >= 0.6 is 12.4 Å². The first-order valence-corrected chi connectivity index (χ1v) is 3.21. The second-order valence-electron chi connectivity index (χ2n) is 2.77. The Labute approximate surface area is 65.5 Å². The van der Waals surface area contributed by atoms with Gasteiger partial charge in [0.05, 0.1) is 12.0 Å². The number of ether oxygens (including phenoxy) is 1. The molecule has 0 atom stereocenters. The van der Waals surface area contributed by atoms with E-state index in [2.05, 4.69) is 5.32 Å². The van der Waals surface area contributed by atoms with Gasteiger partial charge < -0.3 is 10.1 Å². The number of nitrogens with one attached hydrogen (secondary N) is 1. The summed E-state index contributed by atoms with van der Waals surface area (Å²) in [5, 5.41) is 3.07. The first kappa shape index (κ1) is 7.82. The fourth-order valence-electron chi connectivity index (χ4n) is 1.34. The molecule has 10 heavy (non-hydrogen) atoms. The molecule has 2 aliphatic rings. The SMILES string of the molecule is Cl.O=C1OCCC12CNC2. The number of carbonyl (C=O) groups is 1. The molecule has 2 aliphatic heterocycles. The smallest absolute Gasteiger partial charge is 0.314 e. The van der Waals surface area contributed by atoms with Crippen LogP contribution in [0.25, 0.3) is 0 Å². The zero-order valence-corrected chi connectivity index (χ0v) is 6.37. The minimum Gasteiger partial charge on any atom is -0.465 e. The third kappa shape index (κ3) is 0.812. The van der Waals surface area contributed by atoms with Gasteiger partial charge in [-0.1, -0.05) is 0 Å². The molecule has 2 saturated heterocycles. The van der Waals surface area contributed by atoms with Crippen molar-refractivity contribution < 1.29 is 9.53 Å². The van der Waals surface area contributed by atoms with Crippen LogP contribution in [0.5, 0.6) is 0 Å². The Kier molecular flexibility index (Phi) is 1.88. The molecule has 1 spiro atoms. The molecule has 1 N–H and O–H groups in total. The van der Waals surface area contributed by atoms with Crippen molar-refractivity contribution in [2.75, 3.05) is 19.7 Å². The molecule has 2 rings (SSSR count). The standard InChI is InChI=1S/C6H9NO2.ClH/c8-5-6(1-2-9-5)3-7-4-6;/h7H,1-4H2;1H. The van der Waals surface area contributed by atoms with E-state index in [0.29, 0.717) is 6.61 Å². The Morgan fingerprint density at radius 1 is 1.50 bits per heavy atom. The van der Waals surface area contributed by atoms with Gasteiger partial charge >= 0.3 is 5.97 Å². The van der Waals surface area contributed by atoms with Gasteiger partial charge in [0.2, 0.25) is 0 Å². The van der Waals surface area contributed by atoms with Crippen molar-refractivity contribution in [1.29, 1.82) is 0 Å². The number of esters is 1. The molecule has 0 aromatic heterocycles.